The zero-order valence-corrected chi connectivity index (χ0v) is 21.2. The summed E-state index contributed by atoms with van der Waals surface area (Å²) in [7, 11) is -3.96. The summed E-state index contributed by atoms with van der Waals surface area (Å²) in [6, 6.07) is 5.31. The van der Waals surface area contributed by atoms with Crippen LogP contribution < -0.4 is 10.0 Å². The Bertz CT molecular complexity index is 1300. The number of hydrogen-bond donors (Lipinski definition) is 2. The minimum absolute atomic E-state index is 0.00316. The van der Waals surface area contributed by atoms with Crippen molar-refractivity contribution in [3.63, 3.8) is 0 Å². The summed E-state index contributed by atoms with van der Waals surface area (Å²) in [5.41, 5.74) is 1.09. The molecule has 0 aliphatic carbocycles. The van der Waals surface area contributed by atoms with Gasteiger partial charge in [-0.1, -0.05) is 0 Å². The lowest BCUT2D eigenvalue weighted by Gasteiger charge is -2.06. The molecule has 1 aromatic carbocycles. The van der Waals surface area contributed by atoms with Crippen molar-refractivity contribution in [2.24, 2.45) is 0 Å². The van der Waals surface area contributed by atoms with Crippen LogP contribution in [0, 0.1) is 0 Å². The van der Waals surface area contributed by atoms with Gasteiger partial charge in [0.1, 0.15) is 0 Å². The molecule has 2 heterocycles. The lowest BCUT2D eigenvalue weighted by Crippen LogP contribution is -2.15. The van der Waals surface area contributed by atoms with Gasteiger partial charge in [0.2, 0.25) is 0 Å². The highest BCUT2D eigenvalue weighted by atomic mass is 32.2. The number of nitrogens with zero attached hydrogens (tertiary/aromatic N) is 2. The van der Waals surface area contributed by atoms with Crippen LogP contribution in [0.5, 0.6) is 0 Å². The van der Waals surface area contributed by atoms with Gasteiger partial charge in [0.05, 0.1) is 42.3 Å². The molecular weight excluding hydrogens is 516 g/mol. The molecule has 0 saturated carbocycles. The topological polar surface area (TPSA) is 154 Å². The number of nitrogens with one attached hydrogen (secondary N) is 2. The number of carbonyl (C=O) groups is 3. The van der Waals surface area contributed by atoms with Crippen molar-refractivity contribution in [3.05, 3.63) is 52.0 Å². The third-order valence-corrected chi connectivity index (χ3v) is 7.33. The van der Waals surface area contributed by atoms with Crippen molar-refractivity contribution in [2.75, 3.05) is 23.3 Å². The summed E-state index contributed by atoms with van der Waals surface area (Å²) in [5, 5.41) is 6.23. The van der Waals surface area contributed by atoms with Gasteiger partial charge in [-0.25, -0.2) is 18.4 Å². The first kappa shape index (κ1) is 26.2. The Morgan fingerprint density at radius 2 is 1.37 bits per heavy atom. The molecule has 11 nitrogen and oxygen atoms in total. The Hall–Kier alpha value is -3.36. The lowest BCUT2D eigenvalue weighted by molar-refractivity contribution is -0.143. The molecule has 3 aromatic rings. The Morgan fingerprint density at radius 3 is 1.91 bits per heavy atom. The van der Waals surface area contributed by atoms with Crippen LogP contribution in [0.3, 0.4) is 0 Å². The van der Waals surface area contributed by atoms with Crippen LogP contribution in [0.15, 0.2) is 39.9 Å². The number of esters is 2. The number of aromatic nitrogens is 2. The van der Waals surface area contributed by atoms with Gasteiger partial charge in [-0.15, -0.1) is 22.7 Å². The smallest absolute Gasteiger partial charge is 0.311 e. The van der Waals surface area contributed by atoms with E-state index in [0.717, 1.165) is 22.7 Å². The van der Waals surface area contributed by atoms with Crippen molar-refractivity contribution in [1.82, 2.24) is 9.97 Å². The maximum absolute atomic E-state index is 12.7. The van der Waals surface area contributed by atoms with Crippen molar-refractivity contribution < 1.29 is 32.3 Å². The molecular formula is C21H22N4O7S3. The van der Waals surface area contributed by atoms with Crippen LogP contribution in [-0.2, 0) is 41.9 Å². The Labute approximate surface area is 209 Å². The van der Waals surface area contributed by atoms with Gasteiger partial charge in [-0.2, -0.15) is 0 Å². The maximum Gasteiger partial charge on any atom is 0.311 e. The number of rotatable bonds is 11. The van der Waals surface area contributed by atoms with Gasteiger partial charge in [0, 0.05) is 16.3 Å². The minimum atomic E-state index is -3.96. The second-order valence-corrected chi connectivity index (χ2v) is 10.2. The number of amides is 1. The molecule has 0 saturated heterocycles. The summed E-state index contributed by atoms with van der Waals surface area (Å²) >= 11 is 2.20. The van der Waals surface area contributed by atoms with Gasteiger partial charge in [0.15, 0.2) is 10.3 Å². The summed E-state index contributed by atoms with van der Waals surface area (Å²) < 4.78 is 37.4. The van der Waals surface area contributed by atoms with E-state index in [1.807, 2.05) is 0 Å². The van der Waals surface area contributed by atoms with Gasteiger partial charge in [-0.05, 0) is 38.1 Å². The van der Waals surface area contributed by atoms with Crippen molar-refractivity contribution in [3.8, 4) is 0 Å². The van der Waals surface area contributed by atoms with Gasteiger partial charge >= 0.3 is 11.9 Å². The van der Waals surface area contributed by atoms with Gasteiger partial charge < -0.3 is 9.47 Å². The fourth-order valence-electron chi connectivity index (χ4n) is 2.73. The van der Waals surface area contributed by atoms with Crippen LogP contribution in [0.25, 0.3) is 0 Å². The first-order valence-electron chi connectivity index (χ1n) is 10.3. The quantitative estimate of drug-likeness (QED) is 0.351. The van der Waals surface area contributed by atoms with E-state index >= 15 is 0 Å². The summed E-state index contributed by atoms with van der Waals surface area (Å²) in [4.78, 5) is 43.8. The van der Waals surface area contributed by atoms with Crippen LogP contribution in [0.2, 0.25) is 0 Å². The summed E-state index contributed by atoms with van der Waals surface area (Å²) in [6.45, 7) is 3.92. The van der Waals surface area contributed by atoms with E-state index in [0.29, 0.717) is 16.5 Å². The minimum Gasteiger partial charge on any atom is -0.466 e. The molecule has 0 bridgehead atoms. The number of benzene rings is 1. The molecule has 0 radical (unpaired) electrons. The highest BCUT2D eigenvalue weighted by Crippen LogP contribution is 2.22. The van der Waals surface area contributed by atoms with Crippen LogP contribution in [-0.4, -0.2) is 49.4 Å². The molecule has 14 heteroatoms. The second-order valence-electron chi connectivity index (χ2n) is 6.84. The zero-order valence-electron chi connectivity index (χ0n) is 18.8. The predicted molar refractivity (Wildman–Crippen MR) is 130 cm³/mol. The van der Waals surface area contributed by atoms with E-state index in [1.54, 1.807) is 24.6 Å². The zero-order chi connectivity index (χ0) is 25.4. The molecule has 0 spiro atoms. The number of sulfonamides is 1. The standard InChI is InChI=1S/C21H22N4O7S3/c1-3-31-17(26)9-14-11-33-20(22-14)24-19(28)13-5-7-16(8-6-13)35(29,30)25-21-23-15(12-34-21)10-18(27)32-4-2/h5-8,11-12H,3-4,9-10H2,1-2H3,(H,23,25)(H,22,24,28). The molecule has 0 fully saturated rings. The van der Waals surface area contributed by atoms with Crippen LogP contribution >= 0.6 is 22.7 Å². The largest absolute Gasteiger partial charge is 0.466 e. The Kier molecular flexibility index (Phi) is 8.89. The predicted octanol–water partition coefficient (Wildman–Crippen LogP) is 2.86. The molecule has 1 amide bonds. The first-order chi connectivity index (χ1) is 16.7. The number of carbonyl (C=O) groups excluding carboxylic acids is 3. The monoisotopic (exact) mass is 538 g/mol. The number of thiazole rings is 2. The van der Waals surface area contributed by atoms with E-state index in [9.17, 15) is 22.8 Å². The van der Waals surface area contributed by atoms with Gasteiger partial charge in [0.25, 0.3) is 15.9 Å². The average molecular weight is 539 g/mol. The SMILES string of the molecule is CCOC(=O)Cc1csc(NC(=O)c2ccc(S(=O)(=O)Nc3nc(CC(=O)OCC)cs3)cc2)n1. The van der Waals surface area contributed by atoms with Crippen molar-refractivity contribution in [2.45, 2.75) is 31.6 Å². The van der Waals surface area contributed by atoms with E-state index in [-0.39, 0.29) is 41.6 Å². The molecule has 186 valence electrons. The number of hydrogen-bond acceptors (Lipinski definition) is 11. The summed E-state index contributed by atoms with van der Waals surface area (Å²) in [5.74, 6) is -1.34. The molecule has 2 N–H and O–H groups in total. The molecule has 0 atom stereocenters. The third-order valence-electron chi connectivity index (χ3n) is 4.23. The Balaban J connectivity index is 1.60. The van der Waals surface area contributed by atoms with Crippen LogP contribution in [0.4, 0.5) is 10.3 Å². The second kappa shape index (κ2) is 11.9. The van der Waals surface area contributed by atoms with E-state index < -0.39 is 27.9 Å². The van der Waals surface area contributed by atoms with E-state index in [4.69, 9.17) is 9.47 Å². The van der Waals surface area contributed by atoms with Crippen molar-refractivity contribution in [1.29, 1.82) is 0 Å². The fraction of sp³-hybridized carbons (Fsp3) is 0.286. The first-order valence-corrected chi connectivity index (χ1v) is 13.6. The average Bonchev–Trinajstić information content (AvgIpc) is 3.42. The number of ether oxygens (including phenoxy) is 2. The summed E-state index contributed by atoms with van der Waals surface area (Å²) in [6.07, 6.45) is -0.0531. The highest BCUT2D eigenvalue weighted by molar-refractivity contribution is 7.93. The highest BCUT2D eigenvalue weighted by Gasteiger charge is 2.18. The molecule has 35 heavy (non-hydrogen) atoms. The molecule has 0 aliphatic rings. The Morgan fingerprint density at radius 1 is 0.857 bits per heavy atom. The molecule has 2 aromatic heterocycles. The molecule has 3 rings (SSSR count). The third kappa shape index (κ3) is 7.56. The van der Waals surface area contributed by atoms with E-state index in [2.05, 4.69) is 20.0 Å². The molecule has 0 aliphatic heterocycles. The normalized spacial score (nSPS) is 11.0. The fourth-order valence-corrected chi connectivity index (χ4v) is 5.40. The maximum atomic E-state index is 12.7. The molecule has 0 unspecified atom stereocenters. The van der Waals surface area contributed by atoms with E-state index in [1.165, 1.54) is 24.3 Å². The number of anilines is 2. The lowest BCUT2D eigenvalue weighted by atomic mass is 10.2. The van der Waals surface area contributed by atoms with Crippen molar-refractivity contribution >= 4 is 60.8 Å². The van der Waals surface area contributed by atoms with Gasteiger partial charge in [-0.3, -0.25) is 24.4 Å². The van der Waals surface area contributed by atoms with Crippen LogP contribution in [0.1, 0.15) is 35.6 Å².